The van der Waals surface area contributed by atoms with Crippen molar-refractivity contribution in [3.05, 3.63) is 79.3 Å². The molecule has 1 heterocycles. The van der Waals surface area contributed by atoms with Gasteiger partial charge in [0.25, 0.3) is 17.4 Å². The predicted octanol–water partition coefficient (Wildman–Crippen LogP) is 4.97. The Balaban J connectivity index is 2.03. The zero-order valence-electron chi connectivity index (χ0n) is 17.7. The molecule has 0 saturated carbocycles. The number of likely N-dealkylation sites (tertiary alicyclic amines) is 1. The fourth-order valence-electron chi connectivity index (χ4n) is 3.79. The summed E-state index contributed by atoms with van der Waals surface area (Å²) < 4.78 is 0. The standard InChI is InChI=1S/C23H20Cl2N2O7/c24-14-7-10-16(17(25)12-14)20-19(21(30)13-5-8-15(9-6-13)27(33)34)22(31)23(32)26(20)11-3-1-2-4-18(28)29/h5-10,12,20,30H,1-4,11H2,(H,28,29)/b21-19-. The highest BCUT2D eigenvalue weighted by Crippen LogP contribution is 2.42. The highest BCUT2D eigenvalue weighted by atomic mass is 35.5. The van der Waals surface area contributed by atoms with E-state index < -0.39 is 34.4 Å². The largest absolute Gasteiger partial charge is 0.507 e. The van der Waals surface area contributed by atoms with Crippen LogP contribution in [0.25, 0.3) is 5.76 Å². The minimum atomic E-state index is -1.01. The summed E-state index contributed by atoms with van der Waals surface area (Å²) in [5.41, 5.74) is 0.101. The van der Waals surface area contributed by atoms with Crippen LogP contribution in [0, 0.1) is 10.1 Å². The molecule has 34 heavy (non-hydrogen) atoms. The second kappa shape index (κ2) is 10.7. The van der Waals surface area contributed by atoms with E-state index in [1.54, 1.807) is 12.1 Å². The van der Waals surface area contributed by atoms with Gasteiger partial charge in [-0.2, -0.15) is 0 Å². The number of hydrogen-bond donors (Lipinski definition) is 2. The third-order valence-electron chi connectivity index (χ3n) is 5.44. The lowest BCUT2D eigenvalue weighted by Gasteiger charge is -2.26. The van der Waals surface area contributed by atoms with Crippen LogP contribution in [0.3, 0.4) is 0 Å². The summed E-state index contributed by atoms with van der Waals surface area (Å²) in [6.07, 6.45) is 1.35. The topological polar surface area (TPSA) is 138 Å². The number of ketones is 1. The van der Waals surface area contributed by atoms with Crippen LogP contribution < -0.4 is 0 Å². The second-order valence-electron chi connectivity index (χ2n) is 7.67. The summed E-state index contributed by atoms with van der Waals surface area (Å²) in [5.74, 6) is -3.16. The second-order valence-corrected chi connectivity index (χ2v) is 8.51. The molecule has 0 aliphatic carbocycles. The van der Waals surface area contributed by atoms with Crippen molar-refractivity contribution in [1.29, 1.82) is 0 Å². The van der Waals surface area contributed by atoms with E-state index in [-0.39, 0.29) is 34.8 Å². The Morgan fingerprint density at radius 2 is 1.71 bits per heavy atom. The molecule has 178 valence electrons. The smallest absolute Gasteiger partial charge is 0.303 e. The van der Waals surface area contributed by atoms with Crippen LogP contribution in [-0.2, 0) is 14.4 Å². The maximum Gasteiger partial charge on any atom is 0.303 e. The normalized spacial score (nSPS) is 17.2. The number of aliphatic carboxylic acids is 1. The number of carboxylic acid groups (broad SMARTS) is 1. The van der Waals surface area contributed by atoms with Gasteiger partial charge >= 0.3 is 5.97 Å². The molecule has 1 unspecified atom stereocenters. The number of amides is 1. The molecule has 1 fully saturated rings. The third kappa shape index (κ3) is 5.37. The molecular formula is C23H20Cl2N2O7. The highest BCUT2D eigenvalue weighted by Gasteiger charge is 2.46. The van der Waals surface area contributed by atoms with Crippen molar-refractivity contribution in [2.45, 2.75) is 31.7 Å². The lowest BCUT2D eigenvalue weighted by atomic mass is 9.95. The van der Waals surface area contributed by atoms with Gasteiger partial charge in [-0.3, -0.25) is 24.5 Å². The van der Waals surface area contributed by atoms with Crippen molar-refractivity contribution >= 4 is 52.3 Å². The quantitative estimate of drug-likeness (QED) is 0.122. The maximum atomic E-state index is 13.0. The van der Waals surface area contributed by atoms with Crippen LogP contribution in [0.5, 0.6) is 0 Å². The molecule has 3 rings (SSSR count). The fourth-order valence-corrected chi connectivity index (χ4v) is 4.30. The van der Waals surface area contributed by atoms with Gasteiger partial charge in [0.05, 0.1) is 16.5 Å². The lowest BCUT2D eigenvalue weighted by molar-refractivity contribution is -0.384. The van der Waals surface area contributed by atoms with Crippen LogP contribution >= 0.6 is 23.2 Å². The molecule has 2 aromatic rings. The van der Waals surface area contributed by atoms with Crippen molar-refractivity contribution in [2.75, 3.05) is 6.54 Å². The van der Waals surface area contributed by atoms with Crippen molar-refractivity contribution in [3.8, 4) is 0 Å². The summed E-state index contributed by atoms with van der Waals surface area (Å²) in [5, 5.41) is 31.2. The number of unbranched alkanes of at least 4 members (excludes halogenated alkanes) is 2. The van der Waals surface area contributed by atoms with E-state index in [0.717, 1.165) is 0 Å². The van der Waals surface area contributed by atoms with E-state index in [1.165, 1.54) is 35.2 Å². The number of non-ortho nitro benzene ring substituents is 1. The Hall–Kier alpha value is -3.43. The molecule has 9 nitrogen and oxygen atoms in total. The van der Waals surface area contributed by atoms with Gasteiger partial charge in [-0.15, -0.1) is 0 Å². The first-order chi connectivity index (χ1) is 16.1. The van der Waals surface area contributed by atoms with E-state index in [0.29, 0.717) is 29.8 Å². The molecule has 1 atom stereocenters. The van der Waals surface area contributed by atoms with Crippen molar-refractivity contribution in [2.24, 2.45) is 0 Å². The van der Waals surface area contributed by atoms with Crippen LogP contribution in [-0.4, -0.2) is 44.2 Å². The minimum absolute atomic E-state index is 0.00853. The van der Waals surface area contributed by atoms with Gasteiger partial charge in [-0.1, -0.05) is 35.7 Å². The summed E-state index contributed by atoms with van der Waals surface area (Å²) in [4.78, 5) is 48.2. The first-order valence-electron chi connectivity index (χ1n) is 10.3. The molecule has 1 saturated heterocycles. The monoisotopic (exact) mass is 506 g/mol. The van der Waals surface area contributed by atoms with Crippen LogP contribution in [0.2, 0.25) is 10.0 Å². The first kappa shape index (κ1) is 25.2. The number of nitro groups is 1. The number of halogens is 2. The summed E-state index contributed by atoms with van der Waals surface area (Å²) in [6.45, 7) is 0.130. The SMILES string of the molecule is O=C(O)CCCCCN1C(=O)C(=O)/C(=C(\O)c2ccc([N+](=O)[O-])cc2)C1c1ccc(Cl)cc1Cl. The molecule has 1 aliphatic heterocycles. The molecule has 11 heteroatoms. The lowest BCUT2D eigenvalue weighted by Crippen LogP contribution is -2.30. The number of nitrogens with zero attached hydrogens (tertiary/aromatic N) is 2. The van der Waals surface area contributed by atoms with Gasteiger partial charge in [0, 0.05) is 40.7 Å². The Morgan fingerprint density at radius 1 is 1.03 bits per heavy atom. The van der Waals surface area contributed by atoms with Gasteiger partial charge in [-0.25, -0.2) is 0 Å². The number of rotatable bonds is 9. The fraction of sp³-hybridized carbons (Fsp3) is 0.261. The summed E-state index contributed by atoms with van der Waals surface area (Å²) in [7, 11) is 0. The van der Waals surface area contributed by atoms with Crippen LogP contribution in [0.1, 0.15) is 42.9 Å². The average Bonchev–Trinajstić information content (AvgIpc) is 3.03. The van der Waals surface area contributed by atoms with Crippen LogP contribution in [0.15, 0.2) is 48.0 Å². The Morgan fingerprint density at radius 3 is 2.29 bits per heavy atom. The number of benzene rings is 2. The van der Waals surface area contributed by atoms with E-state index in [9.17, 15) is 29.6 Å². The minimum Gasteiger partial charge on any atom is -0.507 e. The van der Waals surface area contributed by atoms with E-state index in [4.69, 9.17) is 28.3 Å². The molecular weight excluding hydrogens is 487 g/mol. The number of Topliss-reactive ketones (excluding diaryl/α,β-unsaturated/α-hetero) is 1. The van der Waals surface area contributed by atoms with E-state index >= 15 is 0 Å². The Kier molecular flexibility index (Phi) is 7.90. The molecule has 0 bridgehead atoms. The first-order valence-corrected chi connectivity index (χ1v) is 11.1. The zero-order chi connectivity index (χ0) is 25.0. The highest BCUT2D eigenvalue weighted by molar-refractivity contribution is 6.47. The maximum absolute atomic E-state index is 13.0. The van der Waals surface area contributed by atoms with Gasteiger partial charge in [0.15, 0.2) is 0 Å². The van der Waals surface area contributed by atoms with E-state index in [1.807, 2.05) is 0 Å². The Labute approximate surface area is 204 Å². The predicted molar refractivity (Wildman–Crippen MR) is 125 cm³/mol. The number of aliphatic hydroxyl groups excluding tert-OH is 1. The number of hydrogen-bond acceptors (Lipinski definition) is 6. The van der Waals surface area contributed by atoms with Gasteiger partial charge in [-0.05, 0) is 42.7 Å². The number of carbonyl (C=O) groups is 3. The van der Waals surface area contributed by atoms with Crippen LogP contribution in [0.4, 0.5) is 5.69 Å². The number of nitro benzene ring substituents is 1. The average molecular weight is 507 g/mol. The van der Waals surface area contributed by atoms with E-state index in [2.05, 4.69) is 0 Å². The number of carboxylic acids is 1. The molecule has 2 N–H and O–H groups in total. The van der Waals surface area contributed by atoms with Gasteiger partial charge < -0.3 is 15.1 Å². The van der Waals surface area contributed by atoms with Gasteiger partial charge in [0.2, 0.25) is 0 Å². The zero-order valence-corrected chi connectivity index (χ0v) is 19.3. The number of aliphatic hydroxyl groups is 1. The number of carbonyl (C=O) groups excluding carboxylic acids is 2. The molecule has 0 radical (unpaired) electrons. The molecule has 1 amide bonds. The third-order valence-corrected chi connectivity index (χ3v) is 6.00. The molecule has 2 aromatic carbocycles. The molecule has 1 aliphatic rings. The van der Waals surface area contributed by atoms with Crippen molar-refractivity contribution in [1.82, 2.24) is 4.90 Å². The summed E-state index contributed by atoms with van der Waals surface area (Å²) >= 11 is 12.4. The molecule has 0 spiro atoms. The summed E-state index contributed by atoms with van der Waals surface area (Å²) in [6, 6.07) is 8.47. The molecule has 0 aromatic heterocycles. The van der Waals surface area contributed by atoms with Gasteiger partial charge in [0.1, 0.15) is 5.76 Å². The van der Waals surface area contributed by atoms with Crippen molar-refractivity contribution < 1.29 is 29.5 Å². The Bertz CT molecular complexity index is 1180. The van der Waals surface area contributed by atoms with Crippen molar-refractivity contribution in [3.63, 3.8) is 0 Å².